The summed E-state index contributed by atoms with van der Waals surface area (Å²) in [4.78, 5) is 0. The van der Waals surface area contributed by atoms with Crippen LogP contribution in [0, 0.1) is 52.3 Å². The molecular weight excluding hydrogens is 637 g/mol. The minimum atomic E-state index is 0.0839. The van der Waals surface area contributed by atoms with Gasteiger partial charge in [0.15, 0.2) is 0 Å². The zero-order valence-electron chi connectivity index (χ0n) is 33.8. The molecule has 0 aliphatic heterocycles. The summed E-state index contributed by atoms with van der Waals surface area (Å²) >= 11 is 0. The van der Waals surface area contributed by atoms with Crippen molar-refractivity contribution in [2.45, 2.75) is 130 Å². The van der Waals surface area contributed by atoms with Gasteiger partial charge in [-0.05, 0) is 156 Å². The number of hydrogen-bond acceptors (Lipinski definition) is 0. The molecule has 0 N–H and O–H groups in total. The van der Waals surface area contributed by atoms with Gasteiger partial charge in [0.2, 0.25) is 0 Å². The van der Waals surface area contributed by atoms with E-state index in [1.165, 1.54) is 99.3 Å². The quantitative estimate of drug-likeness (QED) is 0.146. The highest BCUT2D eigenvalue weighted by molar-refractivity contribution is 5.44. The Morgan fingerprint density at radius 3 is 1.64 bits per heavy atom. The van der Waals surface area contributed by atoms with Gasteiger partial charge in [0.05, 0.1) is 0 Å². The molecule has 4 aliphatic carbocycles. The van der Waals surface area contributed by atoms with Crippen molar-refractivity contribution in [3.8, 4) is 0 Å². The molecule has 4 saturated carbocycles. The summed E-state index contributed by atoms with van der Waals surface area (Å²) in [6, 6.07) is 41.9. The third-order valence-electron chi connectivity index (χ3n) is 16.5. The molecule has 4 aliphatic rings. The van der Waals surface area contributed by atoms with Gasteiger partial charge in [-0.25, -0.2) is 0 Å². The van der Waals surface area contributed by atoms with Crippen LogP contribution in [0.3, 0.4) is 0 Å². The van der Waals surface area contributed by atoms with E-state index in [1.54, 1.807) is 11.1 Å². The van der Waals surface area contributed by atoms with Crippen LogP contribution in [0.1, 0.15) is 145 Å². The molecule has 0 radical (unpaired) electrons. The molecule has 0 bridgehead atoms. The lowest BCUT2D eigenvalue weighted by molar-refractivity contribution is -0.122. The van der Waals surface area contributed by atoms with Crippen molar-refractivity contribution in [3.05, 3.63) is 143 Å². The molecule has 0 spiro atoms. The Morgan fingerprint density at radius 2 is 1.08 bits per heavy atom. The van der Waals surface area contributed by atoms with Crippen LogP contribution in [-0.4, -0.2) is 0 Å². The van der Waals surface area contributed by atoms with Crippen molar-refractivity contribution in [3.63, 3.8) is 0 Å². The first-order valence-corrected chi connectivity index (χ1v) is 21.9. The van der Waals surface area contributed by atoms with Crippen molar-refractivity contribution in [1.29, 1.82) is 0 Å². The van der Waals surface area contributed by atoms with E-state index < -0.39 is 0 Å². The van der Waals surface area contributed by atoms with Crippen LogP contribution in [0.15, 0.2) is 109 Å². The third-order valence-corrected chi connectivity index (χ3v) is 16.5. The fourth-order valence-electron chi connectivity index (χ4n) is 13.5. The third kappa shape index (κ3) is 7.11. The summed E-state index contributed by atoms with van der Waals surface area (Å²) in [5.74, 6) is 6.28. The van der Waals surface area contributed by atoms with Gasteiger partial charge in [0.25, 0.3) is 0 Å². The fourth-order valence-corrected chi connectivity index (χ4v) is 13.5. The molecule has 8 unspecified atom stereocenters. The molecule has 0 amide bonds. The molecule has 0 aromatic heterocycles. The topological polar surface area (TPSA) is 0 Å². The Labute approximate surface area is 323 Å². The lowest BCUT2D eigenvalue weighted by atomic mass is 9.42. The van der Waals surface area contributed by atoms with Gasteiger partial charge in [-0.1, -0.05) is 163 Å². The summed E-state index contributed by atoms with van der Waals surface area (Å²) in [6.45, 7) is 13.0. The van der Waals surface area contributed by atoms with Crippen molar-refractivity contribution < 1.29 is 0 Å². The summed E-state index contributed by atoms with van der Waals surface area (Å²) in [5.41, 5.74) is 9.86. The average molecular weight is 705 g/mol. The van der Waals surface area contributed by atoms with Crippen LogP contribution in [0.4, 0.5) is 0 Å². The van der Waals surface area contributed by atoms with E-state index in [2.05, 4.69) is 144 Å². The summed E-state index contributed by atoms with van der Waals surface area (Å²) in [7, 11) is 0. The van der Waals surface area contributed by atoms with Crippen LogP contribution in [0.5, 0.6) is 0 Å². The Bertz CT molecular complexity index is 1680. The lowest BCUT2D eigenvalue weighted by Crippen LogP contribution is -2.55. The molecule has 0 heterocycles. The maximum atomic E-state index is 2.79. The van der Waals surface area contributed by atoms with Crippen LogP contribution < -0.4 is 0 Å². The normalized spacial score (nSPS) is 31.0. The van der Waals surface area contributed by atoms with Crippen molar-refractivity contribution in [2.75, 3.05) is 0 Å². The van der Waals surface area contributed by atoms with Crippen LogP contribution >= 0.6 is 0 Å². The van der Waals surface area contributed by atoms with Crippen LogP contribution in [0.25, 0.3) is 0 Å². The molecule has 8 rings (SSSR count). The van der Waals surface area contributed by atoms with E-state index in [1.807, 2.05) is 0 Å². The average Bonchev–Trinajstić information content (AvgIpc) is 3.53. The Morgan fingerprint density at radius 1 is 0.528 bits per heavy atom. The number of fused-ring (bicyclic) bond motifs is 5. The van der Waals surface area contributed by atoms with E-state index in [4.69, 9.17) is 0 Å². The standard InChI is InChI=1S/C53H68/c1-38(2)13-12-14-39(3)48-29-30-49-47-28-27-46-37-53(34-33-51(46,4)50(47)31-32-52(48,49)5,44-23-19-42(20-24-44)35-40-15-8-6-9-16-40)45-25-21-43(22-26-45)36-41-17-10-7-11-18-41/h6-11,15-26,38-39,46-50H,12-14,27-37H2,1-5H3. The predicted molar refractivity (Wildman–Crippen MR) is 225 cm³/mol. The lowest BCUT2D eigenvalue weighted by Gasteiger charge is -2.63. The Hall–Kier alpha value is -3.12. The fraction of sp³-hybridized carbons (Fsp3) is 0.547. The minimum Gasteiger partial charge on any atom is -0.0628 e. The first-order chi connectivity index (χ1) is 25.7. The highest BCUT2D eigenvalue weighted by Gasteiger charge is 2.62. The second-order valence-corrected chi connectivity index (χ2v) is 19.7. The molecular formula is C53H68. The summed E-state index contributed by atoms with van der Waals surface area (Å²) < 4.78 is 0. The van der Waals surface area contributed by atoms with Gasteiger partial charge in [-0.2, -0.15) is 0 Å². The van der Waals surface area contributed by atoms with Gasteiger partial charge in [0, 0.05) is 5.41 Å². The van der Waals surface area contributed by atoms with Gasteiger partial charge < -0.3 is 0 Å². The summed E-state index contributed by atoms with van der Waals surface area (Å²) in [6.07, 6.45) is 19.1. The molecule has 4 aromatic rings. The molecule has 53 heavy (non-hydrogen) atoms. The van der Waals surface area contributed by atoms with Crippen LogP contribution in [0.2, 0.25) is 0 Å². The maximum absolute atomic E-state index is 2.79. The molecule has 280 valence electrons. The smallest absolute Gasteiger partial charge is 0.0206 e. The highest BCUT2D eigenvalue weighted by Crippen LogP contribution is 2.70. The second kappa shape index (κ2) is 15.2. The highest BCUT2D eigenvalue weighted by atomic mass is 14.7. The number of hydrogen-bond donors (Lipinski definition) is 0. The van der Waals surface area contributed by atoms with Gasteiger partial charge in [-0.15, -0.1) is 0 Å². The summed E-state index contributed by atoms with van der Waals surface area (Å²) in [5, 5.41) is 0. The second-order valence-electron chi connectivity index (χ2n) is 19.7. The van der Waals surface area contributed by atoms with E-state index in [-0.39, 0.29) is 5.41 Å². The predicted octanol–water partition coefficient (Wildman–Crippen LogP) is 14.3. The number of rotatable bonds is 11. The van der Waals surface area contributed by atoms with Crippen molar-refractivity contribution in [1.82, 2.24) is 0 Å². The Balaban J connectivity index is 1.05. The molecule has 4 fully saturated rings. The van der Waals surface area contributed by atoms with Gasteiger partial charge >= 0.3 is 0 Å². The maximum Gasteiger partial charge on any atom is 0.0206 e. The van der Waals surface area contributed by atoms with Crippen molar-refractivity contribution in [2.24, 2.45) is 52.3 Å². The number of benzene rings is 4. The van der Waals surface area contributed by atoms with E-state index in [9.17, 15) is 0 Å². The molecule has 0 nitrogen and oxygen atoms in total. The van der Waals surface area contributed by atoms with Crippen molar-refractivity contribution >= 4 is 0 Å². The van der Waals surface area contributed by atoms with Gasteiger partial charge in [0.1, 0.15) is 0 Å². The first-order valence-electron chi connectivity index (χ1n) is 21.9. The molecule has 0 heteroatoms. The first kappa shape index (κ1) is 36.8. The van der Waals surface area contributed by atoms with E-state index >= 15 is 0 Å². The van der Waals surface area contributed by atoms with E-state index in [0.29, 0.717) is 10.8 Å². The van der Waals surface area contributed by atoms with E-state index in [0.717, 1.165) is 54.3 Å². The Kier molecular flexibility index (Phi) is 10.6. The minimum absolute atomic E-state index is 0.0839. The van der Waals surface area contributed by atoms with Crippen LogP contribution in [-0.2, 0) is 18.3 Å². The zero-order chi connectivity index (χ0) is 36.6. The molecule has 4 aromatic carbocycles. The SMILES string of the molecule is CC(C)CCCC(C)C1CCC2C3CCC4CC(c5ccc(Cc6ccccc6)cc5)(c5ccc(Cc6ccccc6)cc5)CCC4(C)C3CCC12C. The van der Waals surface area contributed by atoms with Gasteiger partial charge in [-0.3, -0.25) is 0 Å². The zero-order valence-corrected chi connectivity index (χ0v) is 33.8. The largest absolute Gasteiger partial charge is 0.0628 e. The molecule has 8 atom stereocenters. The monoisotopic (exact) mass is 705 g/mol. The molecule has 0 saturated heterocycles.